The van der Waals surface area contributed by atoms with E-state index in [1.165, 1.54) is 10.5 Å². The maximum absolute atomic E-state index is 12.6. The molecular weight excluding hydrogens is 254 g/mol. The monoisotopic (exact) mass is 271 g/mol. The summed E-state index contributed by atoms with van der Waals surface area (Å²) in [6.07, 6.45) is 2.69. The number of hydrogen-bond donors (Lipinski definition) is 0. The van der Waals surface area contributed by atoms with Crippen LogP contribution < -0.4 is 4.90 Å². The highest BCUT2D eigenvalue weighted by atomic mass is 16.5. The van der Waals surface area contributed by atoms with E-state index < -0.39 is 0 Å². The summed E-state index contributed by atoms with van der Waals surface area (Å²) in [6.45, 7) is 2.08. The molecule has 3 heterocycles. The van der Waals surface area contributed by atoms with Gasteiger partial charge in [-0.1, -0.05) is 19.1 Å². The summed E-state index contributed by atoms with van der Waals surface area (Å²) in [4.78, 5) is 26.5. The second kappa shape index (κ2) is 4.16. The lowest BCUT2D eigenvalue weighted by molar-refractivity contribution is -0.124. The number of nitrogens with zero attached hydrogens (tertiary/aromatic N) is 1. The number of carbonyl (C=O) groups excluding carboxylic acids is 2. The molecule has 3 aliphatic rings. The number of anilines is 1. The van der Waals surface area contributed by atoms with E-state index in [1.807, 2.05) is 24.3 Å². The van der Waals surface area contributed by atoms with E-state index in [2.05, 4.69) is 6.92 Å². The summed E-state index contributed by atoms with van der Waals surface area (Å²) in [5.41, 5.74) is 1.91. The van der Waals surface area contributed by atoms with Gasteiger partial charge in [0.1, 0.15) is 0 Å². The van der Waals surface area contributed by atoms with Crippen LogP contribution in [0.1, 0.15) is 25.3 Å². The van der Waals surface area contributed by atoms with E-state index in [-0.39, 0.29) is 35.9 Å². The zero-order valence-electron chi connectivity index (χ0n) is 11.4. The van der Waals surface area contributed by atoms with Crippen molar-refractivity contribution in [3.63, 3.8) is 0 Å². The standard InChI is InChI=1S/C16H17NO3/c1-2-9-3-5-10(6-4-9)17-15(18)13-11-7-8-12(20-11)14(13)16(17)19/h3-6,11-14H,2,7-8H2,1H3/t11-,12+,13+,14-. The van der Waals surface area contributed by atoms with Gasteiger partial charge in [0.15, 0.2) is 0 Å². The van der Waals surface area contributed by atoms with Crippen molar-refractivity contribution < 1.29 is 14.3 Å². The van der Waals surface area contributed by atoms with Gasteiger partial charge >= 0.3 is 0 Å². The third-order valence-electron chi connectivity index (χ3n) is 4.89. The molecule has 20 heavy (non-hydrogen) atoms. The quantitative estimate of drug-likeness (QED) is 0.772. The molecule has 4 rings (SSSR count). The first kappa shape index (κ1) is 12.1. The molecule has 1 aromatic rings. The van der Waals surface area contributed by atoms with Crippen molar-refractivity contribution >= 4 is 17.5 Å². The molecule has 0 unspecified atom stereocenters. The van der Waals surface area contributed by atoms with Crippen molar-refractivity contribution in [2.24, 2.45) is 11.8 Å². The number of hydrogen-bond acceptors (Lipinski definition) is 3. The molecule has 0 radical (unpaired) electrons. The Bertz CT molecular complexity index is 552. The number of ether oxygens (including phenoxy) is 1. The van der Waals surface area contributed by atoms with Crippen molar-refractivity contribution in [2.45, 2.75) is 38.4 Å². The fraction of sp³-hybridized carbons (Fsp3) is 0.500. The summed E-state index contributed by atoms with van der Waals surface area (Å²) < 4.78 is 5.73. The zero-order valence-corrected chi connectivity index (χ0v) is 11.4. The van der Waals surface area contributed by atoms with E-state index in [9.17, 15) is 9.59 Å². The third kappa shape index (κ3) is 1.45. The Morgan fingerprint density at radius 1 is 1.05 bits per heavy atom. The number of fused-ring (bicyclic) bond motifs is 5. The lowest BCUT2D eigenvalue weighted by atomic mass is 9.81. The van der Waals surface area contributed by atoms with E-state index in [0.29, 0.717) is 5.69 Å². The van der Waals surface area contributed by atoms with Crippen molar-refractivity contribution in [3.8, 4) is 0 Å². The Morgan fingerprint density at radius 2 is 1.60 bits per heavy atom. The first-order valence-electron chi connectivity index (χ1n) is 7.33. The van der Waals surface area contributed by atoms with E-state index in [4.69, 9.17) is 4.74 Å². The molecule has 4 nitrogen and oxygen atoms in total. The Morgan fingerprint density at radius 3 is 2.10 bits per heavy atom. The van der Waals surface area contributed by atoms with Crippen molar-refractivity contribution in [1.29, 1.82) is 0 Å². The summed E-state index contributed by atoms with van der Waals surface area (Å²) >= 11 is 0. The summed E-state index contributed by atoms with van der Waals surface area (Å²) in [5, 5.41) is 0. The van der Waals surface area contributed by atoms with E-state index in [0.717, 1.165) is 19.3 Å². The van der Waals surface area contributed by atoms with Gasteiger partial charge in [0.25, 0.3) is 0 Å². The molecule has 2 amide bonds. The Labute approximate surface area is 117 Å². The van der Waals surface area contributed by atoms with Crippen LogP contribution in [0.3, 0.4) is 0 Å². The van der Waals surface area contributed by atoms with Crippen molar-refractivity contribution in [1.82, 2.24) is 0 Å². The molecule has 4 atom stereocenters. The number of carbonyl (C=O) groups is 2. The van der Waals surface area contributed by atoms with Crippen molar-refractivity contribution in [2.75, 3.05) is 4.90 Å². The average Bonchev–Trinajstić information content (AvgIpc) is 3.14. The lowest BCUT2D eigenvalue weighted by Crippen LogP contribution is -2.34. The minimum absolute atomic E-state index is 0.0404. The number of aryl methyl sites for hydroxylation is 1. The van der Waals surface area contributed by atoms with Gasteiger partial charge in [0.05, 0.1) is 29.7 Å². The lowest BCUT2D eigenvalue weighted by Gasteiger charge is -2.17. The highest BCUT2D eigenvalue weighted by Gasteiger charge is 2.62. The predicted octanol–water partition coefficient (Wildman–Crippen LogP) is 1.92. The smallest absolute Gasteiger partial charge is 0.240 e. The second-order valence-corrected chi connectivity index (χ2v) is 5.87. The minimum atomic E-state index is -0.243. The van der Waals surface area contributed by atoms with Gasteiger partial charge in [-0.2, -0.15) is 0 Å². The van der Waals surface area contributed by atoms with Crippen LogP contribution in [0.2, 0.25) is 0 Å². The van der Waals surface area contributed by atoms with Crippen molar-refractivity contribution in [3.05, 3.63) is 29.8 Å². The van der Waals surface area contributed by atoms with Crippen LogP contribution in [0, 0.1) is 11.8 Å². The average molecular weight is 271 g/mol. The maximum Gasteiger partial charge on any atom is 0.240 e. The molecule has 104 valence electrons. The van der Waals surface area contributed by atoms with Gasteiger partial charge in [0, 0.05) is 0 Å². The molecule has 3 aliphatic heterocycles. The Kier molecular flexibility index (Phi) is 2.51. The van der Waals surface area contributed by atoms with Crippen LogP contribution in [0.25, 0.3) is 0 Å². The fourth-order valence-electron chi connectivity index (χ4n) is 3.85. The molecule has 2 bridgehead atoms. The Balaban J connectivity index is 1.69. The predicted molar refractivity (Wildman–Crippen MR) is 73.2 cm³/mol. The molecule has 4 heteroatoms. The topological polar surface area (TPSA) is 46.6 Å². The summed E-state index contributed by atoms with van der Waals surface area (Å²) in [6, 6.07) is 7.71. The van der Waals surface area contributed by atoms with Crippen LogP contribution in [-0.2, 0) is 20.7 Å². The number of benzene rings is 1. The SMILES string of the molecule is CCc1ccc(N2C(=O)[C@@H]3[C@H](C2=O)[C@@H]2CC[C@H]3O2)cc1. The molecule has 0 N–H and O–H groups in total. The summed E-state index contributed by atoms with van der Waals surface area (Å²) in [5.74, 6) is -0.632. The molecular formula is C16H17NO3. The van der Waals surface area contributed by atoms with Gasteiger partial charge in [-0.15, -0.1) is 0 Å². The van der Waals surface area contributed by atoms with Gasteiger partial charge in [0.2, 0.25) is 11.8 Å². The van der Waals surface area contributed by atoms with Crippen LogP contribution >= 0.6 is 0 Å². The molecule has 0 spiro atoms. The van der Waals surface area contributed by atoms with Crippen LogP contribution in [0.5, 0.6) is 0 Å². The largest absolute Gasteiger partial charge is 0.373 e. The molecule has 3 saturated heterocycles. The molecule has 1 aromatic carbocycles. The number of rotatable bonds is 2. The highest BCUT2D eigenvalue weighted by Crippen LogP contribution is 2.49. The Hall–Kier alpha value is -1.68. The third-order valence-corrected chi connectivity index (χ3v) is 4.89. The highest BCUT2D eigenvalue weighted by molar-refractivity contribution is 6.22. The van der Waals surface area contributed by atoms with E-state index >= 15 is 0 Å². The van der Waals surface area contributed by atoms with Crippen LogP contribution in [0.15, 0.2) is 24.3 Å². The minimum Gasteiger partial charge on any atom is -0.373 e. The normalized spacial score (nSPS) is 35.0. The molecule has 0 aliphatic carbocycles. The number of amides is 2. The van der Waals surface area contributed by atoms with Gasteiger partial charge < -0.3 is 4.74 Å². The van der Waals surface area contributed by atoms with Crippen LogP contribution in [0.4, 0.5) is 5.69 Å². The first-order chi connectivity index (χ1) is 9.70. The first-order valence-corrected chi connectivity index (χ1v) is 7.33. The van der Waals surface area contributed by atoms with Crippen LogP contribution in [-0.4, -0.2) is 24.0 Å². The zero-order chi connectivity index (χ0) is 13.9. The molecule has 0 saturated carbocycles. The van der Waals surface area contributed by atoms with Gasteiger partial charge in [-0.25, -0.2) is 4.90 Å². The van der Waals surface area contributed by atoms with Gasteiger partial charge in [-0.3, -0.25) is 9.59 Å². The summed E-state index contributed by atoms with van der Waals surface area (Å²) in [7, 11) is 0. The van der Waals surface area contributed by atoms with Gasteiger partial charge in [-0.05, 0) is 37.0 Å². The maximum atomic E-state index is 12.6. The fourth-order valence-corrected chi connectivity index (χ4v) is 3.85. The second-order valence-electron chi connectivity index (χ2n) is 5.87. The molecule has 0 aromatic heterocycles. The number of imide groups is 1. The van der Waals surface area contributed by atoms with E-state index in [1.54, 1.807) is 0 Å². The molecule has 3 fully saturated rings.